The summed E-state index contributed by atoms with van der Waals surface area (Å²) >= 11 is 0. The number of hydrogen-bond donors (Lipinski definition) is 0. The number of carbonyl (C=O) groups is 1. The van der Waals surface area contributed by atoms with E-state index in [0.717, 1.165) is 0 Å². The lowest BCUT2D eigenvalue weighted by atomic mass is 10.4. The quantitative estimate of drug-likeness (QED) is 0.556. The maximum Gasteiger partial charge on any atom is 0.320 e. The summed E-state index contributed by atoms with van der Waals surface area (Å²) in [6.07, 6.45) is -0.0916. The summed E-state index contributed by atoms with van der Waals surface area (Å²) in [7, 11) is 3.63. The van der Waals surface area contributed by atoms with Crippen LogP contribution in [0.5, 0.6) is 0 Å². The number of likely N-dealkylation sites (N-methyl/N-ethyl adjacent to an activating group) is 1. The van der Waals surface area contributed by atoms with Crippen molar-refractivity contribution in [2.24, 2.45) is 0 Å². The molecule has 1 atom stereocenters. The predicted molar refractivity (Wildman–Crippen MR) is 45.2 cm³/mol. The first-order valence-corrected chi connectivity index (χ1v) is 4.18. The average molecular weight is 189 g/mol. The highest BCUT2D eigenvalue weighted by atomic mass is 16.7. The van der Waals surface area contributed by atoms with Gasteiger partial charge in [0.2, 0.25) is 0 Å². The van der Waals surface area contributed by atoms with Crippen LogP contribution in [0, 0.1) is 0 Å². The first kappa shape index (κ1) is 10.4. The molecule has 5 nitrogen and oxygen atoms in total. The zero-order chi connectivity index (χ0) is 9.68. The molecule has 0 aromatic heterocycles. The Balaban J connectivity index is 2.07. The minimum absolute atomic E-state index is 0.0916. The van der Waals surface area contributed by atoms with Gasteiger partial charge in [0.25, 0.3) is 0 Å². The summed E-state index contributed by atoms with van der Waals surface area (Å²) in [4.78, 5) is 12.8. The van der Waals surface area contributed by atoms with Crippen molar-refractivity contribution in [3.8, 4) is 0 Å². The molecule has 1 fully saturated rings. The highest BCUT2D eigenvalue weighted by Gasteiger charge is 2.17. The number of carbonyl (C=O) groups excluding carboxylic acids is 1. The molecule has 0 saturated carbocycles. The summed E-state index contributed by atoms with van der Waals surface area (Å²) in [5.74, 6) is -0.236. The van der Waals surface area contributed by atoms with Crippen molar-refractivity contribution in [2.75, 3.05) is 40.6 Å². The van der Waals surface area contributed by atoms with Crippen molar-refractivity contribution >= 4 is 5.97 Å². The van der Waals surface area contributed by atoms with Gasteiger partial charge >= 0.3 is 5.97 Å². The van der Waals surface area contributed by atoms with E-state index in [1.54, 1.807) is 4.90 Å². The monoisotopic (exact) mass is 189 g/mol. The van der Waals surface area contributed by atoms with Crippen molar-refractivity contribution in [3.05, 3.63) is 0 Å². The molecule has 0 aromatic carbocycles. The van der Waals surface area contributed by atoms with E-state index in [1.807, 2.05) is 14.1 Å². The van der Waals surface area contributed by atoms with Gasteiger partial charge in [-0.05, 0) is 14.1 Å². The standard InChI is InChI=1S/C8H15NO4/c1-9(2)3-8(10)12-5-7-4-11-6-13-7/h7H,3-6H2,1-2H3. The third-order valence-electron chi connectivity index (χ3n) is 1.57. The zero-order valence-corrected chi connectivity index (χ0v) is 7.99. The van der Waals surface area contributed by atoms with E-state index in [-0.39, 0.29) is 18.7 Å². The van der Waals surface area contributed by atoms with E-state index in [1.165, 1.54) is 0 Å². The predicted octanol–water partition coefficient (Wildman–Crippen LogP) is -0.536. The minimum Gasteiger partial charge on any atom is -0.462 e. The Labute approximate surface area is 77.6 Å². The molecule has 0 spiro atoms. The Morgan fingerprint density at radius 1 is 1.62 bits per heavy atom. The fourth-order valence-electron chi connectivity index (χ4n) is 0.958. The number of ether oxygens (including phenoxy) is 3. The van der Waals surface area contributed by atoms with Crippen LogP contribution in [-0.2, 0) is 19.0 Å². The van der Waals surface area contributed by atoms with Crippen molar-refractivity contribution in [1.82, 2.24) is 4.90 Å². The van der Waals surface area contributed by atoms with Crippen molar-refractivity contribution < 1.29 is 19.0 Å². The Morgan fingerprint density at radius 3 is 2.92 bits per heavy atom. The van der Waals surface area contributed by atoms with Crippen LogP contribution in [0.2, 0.25) is 0 Å². The third kappa shape index (κ3) is 4.21. The second-order valence-corrected chi connectivity index (χ2v) is 3.20. The lowest BCUT2D eigenvalue weighted by molar-refractivity contribution is -0.147. The highest BCUT2D eigenvalue weighted by molar-refractivity contribution is 5.71. The molecule has 0 aliphatic carbocycles. The second-order valence-electron chi connectivity index (χ2n) is 3.20. The molecule has 1 heterocycles. The van der Waals surface area contributed by atoms with Gasteiger partial charge in [0.15, 0.2) is 0 Å². The van der Waals surface area contributed by atoms with Gasteiger partial charge in [-0.2, -0.15) is 0 Å². The molecule has 1 saturated heterocycles. The van der Waals surface area contributed by atoms with Gasteiger partial charge < -0.3 is 14.2 Å². The van der Waals surface area contributed by atoms with Crippen LogP contribution in [0.15, 0.2) is 0 Å². The Hall–Kier alpha value is -0.650. The third-order valence-corrected chi connectivity index (χ3v) is 1.57. The Morgan fingerprint density at radius 2 is 2.38 bits per heavy atom. The van der Waals surface area contributed by atoms with Crippen LogP contribution in [0.1, 0.15) is 0 Å². The second kappa shape index (κ2) is 5.16. The molecular weight excluding hydrogens is 174 g/mol. The average Bonchev–Trinajstić information content (AvgIpc) is 2.51. The smallest absolute Gasteiger partial charge is 0.320 e. The largest absolute Gasteiger partial charge is 0.462 e. The number of rotatable bonds is 4. The normalized spacial score (nSPS) is 22.2. The maximum absolute atomic E-state index is 11.0. The number of esters is 1. The van der Waals surface area contributed by atoms with Crippen LogP contribution >= 0.6 is 0 Å². The Bertz CT molecular complexity index is 166. The van der Waals surface area contributed by atoms with Gasteiger partial charge in [0.1, 0.15) is 19.5 Å². The SMILES string of the molecule is CN(C)CC(=O)OCC1COCO1. The molecule has 1 aliphatic heterocycles. The lowest BCUT2D eigenvalue weighted by Gasteiger charge is -2.11. The highest BCUT2D eigenvalue weighted by Crippen LogP contribution is 2.02. The summed E-state index contributed by atoms with van der Waals surface area (Å²) < 4.78 is 15.0. The van der Waals surface area contributed by atoms with E-state index in [4.69, 9.17) is 14.2 Å². The fourth-order valence-corrected chi connectivity index (χ4v) is 0.958. The zero-order valence-electron chi connectivity index (χ0n) is 7.99. The van der Waals surface area contributed by atoms with Crippen LogP contribution in [0.3, 0.4) is 0 Å². The topological polar surface area (TPSA) is 48.0 Å². The molecule has 1 unspecified atom stereocenters. The molecule has 0 N–H and O–H groups in total. The van der Waals surface area contributed by atoms with Crippen LogP contribution < -0.4 is 0 Å². The molecule has 0 bridgehead atoms. The molecule has 1 aliphatic rings. The minimum atomic E-state index is -0.236. The molecule has 5 heteroatoms. The first-order valence-electron chi connectivity index (χ1n) is 4.18. The summed E-state index contributed by atoms with van der Waals surface area (Å²) in [6, 6.07) is 0. The Kier molecular flexibility index (Phi) is 4.14. The first-order chi connectivity index (χ1) is 6.18. The summed E-state index contributed by atoms with van der Waals surface area (Å²) in [5.41, 5.74) is 0. The maximum atomic E-state index is 11.0. The summed E-state index contributed by atoms with van der Waals surface area (Å²) in [5, 5.41) is 0. The van der Waals surface area contributed by atoms with Crippen LogP contribution in [0.25, 0.3) is 0 Å². The fraction of sp³-hybridized carbons (Fsp3) is 0.875. The van der Waals surface area contributed by atoms with Gasteiger partial charge in [0.05, 0.1) is 13.2 Å². The van der Waals surface area contributed by atoms with E-state index in [0.29, 0.717) is 19.9 Å². The number of nitrogens with zero attached hydrogens (tertiary/aromatic N) is 1. The van der Waals surface area contributed by atoms with E-state index >= 15 is 0 Å². The van der Waals surface area contributed by atoms with Gasteiger partial charge in [-0.1, -0.05) is 0 Å². The van der Waals surface area contributed by atoms with Crippen LogP contribution in [-0.4, -0.2) is 57.6 Å². The molecule has 0 amide bonds. The van der Waals surface area contributed by atoms with Gasteiger partial charge in [-0.15, -0.1) is 0 Å². The van der Waals surface area contributed by atoms with Crippen molar-refractivity contribution in [2.45, 2.75) is 6.10 Å². The van der Waals surface area contributed by atoms with E-state index in [2.05, 4.69) is 0 Å². The summed E-state index contributed by atoms with van der Waals surface area (Å²) in [6.45, 7) is 1.39. The van der Waals surface area contributed by atoms with Gasteiger partial charge in [0, 0.05) is 0 Å². The van der Waals surface area contributed by atoms with E-state index < -0.39 is 0 Å². The molecule has 1 rings (SSSR count). The van der Waals surface area contributed by atoms with Gasteiger partial charge in [-0.3, -0.25) is 9.69 Å². The molecule has 76 valence electrons. The van der Waals surface area contributed by atoms with Gasteiger partial charge in [-0.25, -0.2) is 0 Å². The number of hydrogen-bond acceptors (Lipinski definition) is 5. The van der Waals surface area contributed by atoms with Crippen molar-refractivity contribution in [1.29, 1.82) is 0 Å². The molecule has 0 radical (unpaired) electrons. The molecule has 13 heavy (non-hydrogen) atoms. The van der Waals surface area contributed by atoms with E-state index in [9.17, 15) is 4.79 Å². The van der Waals surface area contributed by atoms with Crippen molar-refractivity contribution in [3.63, 3.8) is 0 Å². The molecule has 0 aromatic rings. The lowest BCUT2D eigenvalue weighted by Crippen LogP contribution is -2.27. The van der Waals surface area contributed by atoms with Crippen LogP contribution in [0.4, 0.5) is 0 Å². The molecular formula is C8H15NO4.